The molecule has 0 radical (unpaired) electrons. The lowest BCUT2D eigenvalue weighted by Gasteiger charge is -2.23. The van der Waals surface area contributed by atoms with E-state index in [4.69, 9.17) is 17.3 Å². The zero-order chi connectivity index (χ0) is 14.1. The molecule has 0 spiro atoms. The molecular formula is C15H20ClN3O. The van der Waals surface area contributed by atoms with Crippen molar-refractivity contribution in [2.45, 2.75) is 31.8 Å². The van der Waals surface area contributed by atoms with Crippen molar-refractivity contribution in [3.8, 4) is 0 Å². The first kappa shape index (κ1) is 13.7. The quantitative estimate of drug-likeness (QED) is 0.872. The number of hydrogen-bond donors (Lipinski definition) is 2. The van der Waals surface area contributed by atoms with Crippen LogP contribution in [0.25, 0.3) is 0 Å². The summed E-state index contributed by atoms with van der Waals surface area (Å²) in [7, 11) is 0. The third-order valence-electron chi connectivity index (χ3n) is 4.17. The number of anilines is 1. The molecule has 0 bridgehead atoms. The summed E-state index contributed by atoms with van der Waals surface area (Å²) < 4.78 is 0. The van der Waals surface area contributed by atoms with Crippen LogP contribution in [0.3, 0.4) is 0 Å². The van der Waals surface area contributed by atoms with E-state index in [1.807, 2.05) is 12.1 Å². The zero-order valence-electron chi connectivity index (χ0n) is 11.4. The zero-order valence-corrected chi connectivity index (χ0v) is 12.2. The Kier molecular flexibility index (Phi) is 3.85. The van der Waals surface area contributed by atoms with Crippen LogP contribution in [0.4, 0.5) is 5.69 Å². The van der Waals surface area contributed by atoms with Crippen LogP contribution in [-0.4, -0.2) is 25.0 Å². The molecule has 108 valence electrons. The largest absolute Gasteiger partial charge is 0.370 e. The minimum absolute atomic E-state index is 0.0433. The second kappa shape index (κ2) is 5.62. The van der Waals surface area contributed by atoms with Gasteiger partial charge in [0, 0.05) is 41.9 Å². The molecule has 1 unspecified atom stereocenters. The fraction of sp³-hybridized carbons (Fsp3) is 0.533. The molecule has 1 aromatic rings. The number of rotatable bonds is 5. The fourth-order valence-electron chi connectivity index (χ4n) is 2.76. The van der Waals surface area contributed by atoms with Gasteiger partial charge in [-0.25, -0.2) is 0 Å². The van der Waals surface area contributed by atoms with Gasteiger partial charge in [-0.15, -0.1) is 0 Å². The molecule has 1 heterocycles. The van der Waals surface area contributed by atoms with Crippen molar-refractivity contribution in [3.63, 3.8) is 0 Å². The van der Waals surface area contributed by atoms with Crippen molar-refractivity contribution in [1.82, 2.24) is 5.32 Å². The molecule has 2 aliphatic rings. The first-order valence-electron chi connectivity index (χ1n) is 7.20. The van der Waals surface area contributed by atoms with Crippen molar-refractivity contribution in [2.24, 2.45) is 11.7 Å². The van der Waals surface area contributed by atoms with Crippen molar-refractivity contribution >= 4 is 23.2 Å². The molecule has 5 heteroatoms. The molecule has 2 fully saturated rings. The van der Waals surface area contributed by atoms with Crippen molar-refractivity contribution < 1.29 is 4.79 Å². The van der Waals surface area contributed by atoms with Crippen LogP contribution >= 0.6 is 11.6 Å². The van der Waals surface area contributed by atoms with Crippen LogP contribution in [0, 0.1) is 5.92 Å². The van der Waals surface area contributed by atoms with Gasteiger partial charge >= 0.3 is 0 Å². The smallest absolute Gasteiger partial charge is 0.222 e. The molecule has 1 amide bonds. The van der Waals surface area contributed by atoms with E-state index < -0.39 is 0 Å². The Bertz CT molecular complexity index is 516. The van der Waals surface area contributed by atoms with E-state index >= 15 is 0 Å². The van der Waals surface area contributed by atoms with Crippen LogP contribution < -0.4 is 16.0 Å². The Hall–Kier alpha value is -1.26. The van der Waals surface area contributed by atoms with E-state index in [1.165, 1.54) is 12.8 Å². The Morgan fingerprint density at radius 1 is 1.40 bits per heavy atom. The monoisotopic (exact) mass is 293 g/mol. The number of benzene rings is 1. The molecule has 1 saturated carbocycles. The molecule has 1 aromatic carbocycles. The van der Waals surface area contributed by atoms with E-state index in [1.54, 1.807) is 0 Å². The van der Waals surface area contributed by atoms with E-state index in [-0.39, 0.29) is 11.8 Å². The summed E-state index contributed by atoms with van der Waals surface area (Å²) >= 11 is 6.35. The number of halogens is 1. The maximum Gasteiger partial charge on any atom is 0.222 e. The van der Waals surface area contributed by atoms with Gasteiger partial charge in [0.25, 0.3) is 0 Å². The van der Waals surface area contributed by atoms with Gasteiger partial charge in [-0.3, -0.25) is 4.79 Å². The number of nitrogens with two attached hydrogens (primary N) is 1. The fourth-order valence-corrected chi connectivity index (χ4v) is 3.00. The van der Waals surface area contributed by atoms with Crippen LogP contribution in [-0.2, 0) is 11.3 Å². The normalized spacial score (nSPS) is 22.2. The third-order valence-corrected chi connectivity index (χ3v) is 4.52. The second-order valence-electron chi connectivity index (χ2n) is 5.73. The van der Waals surface area contributed by atoms with Crippen molar-refractivity contribution in [1.29, 1.82) is 0 Å². The first-order valence-corrected chi connectivity index (χ1v) is 7.58. The molecule has 1 aliphatic carbocycles. The van der Waals surface area contributed by atoms with Gasteiger partial charge in [-0.05, 0) is 31.4 Å². The van der Waals surface area contributed by atoms with Gasteiger partial charge in [0.05, 0.1) is 5.92 Å². The molecule has 1 aliphatic heterocycles. The van der Waals surface area contributed by atoms with Crippen LogP contribution in [0.5, 0.6) is 0 Å². The molecule has 3 rings (SSSR count). The third kappa shape index (κ3) is 2.91. The first-order chi connectivity index (χ1) is 9.65. The summed E-state index contributed by atoms with van der Waals surface area (Å²) in [6.45, 7) is 2.36. The molecule has 1 atom stereocenters. The number of hydrogen-bond acceptors (Lipinski definition) is 3. The minimum Gasteiger partial charge on any atom is -0.370 e. The Balaban J connectivity index is 1.77. The highest BCUT2D eigenvalue weighted by molar-refractivity contribution is 6.31. The molecule has 0 aromatic heterocycles. The SMILES string of the molecule is NC(=O)C1CCN(c2cccc(Cl)c2CNC2CC2)C1. The summed E-state index contributed by atoms with van der Waals surface area (Å²) in [6.07, 6.45) is 3.35. The van der Waals surface area contributed by atoms with E-state index in [0.717, 1.165) is 35.8 Å². The van der Waals surface area contributed by atoms with Crippen LogP contribution in [0.2, 0.25) is 5.02 Å². The number of primary amides is 1. The van der Waals surface area contributed by atoms with E-state index in [9.17, 15) is 4.79 Å². The molecule has 3 N–H and O–H groups in total. The summed E-state index contributed by atoms with van der Waals surface area (Å²) in [5, 5.41) is 4.30. The van der Waals surface area contributed by atoms with Crippen molar-refractivity contribution in [2.75, 3.05) is 18.0 Å². The van der Waals surface area contributed by atoms with E-state index in [0.29, 0.717) is 12.6 Å². The molecule has 1 saturated heterocycles. The minimum atomic E-state index is -0.202. The van der Waals surface area contributed by atoms with Crippen LogP contribution in [0.1, 0.15) is 24.8 Å². The van der Waals surface area contributed by atoms with Gasteiger partial charge in [0.1, 0.15) is 0 Å². The van der Waals surface area contributed by atoms with Crippen molar-refractivity contribution in [3.05, 3.63) is 28.8 Å². The van der Waals surface area contributed by atoms with Gasteiger partial charge in [-0.2, -0.15) is 0 Å². The number of nitrogens with one attached hydrogen (secondary N) is 1. The number of nitrogens with zero attached hydrogens (tertiary/aromatic N) is 1. The average Bonchev–Trinajstić information content (AvgIpc) is 3.11. The highest BCUT2D eigenvalue weighted by atomic mass is 35.5. The average molecular weight is 294 g/mol. The molecule has 4 nitrogen and oxygen atoms in total. The lowest BCUT2D eigenvalue weighted by Crippen LogP contribution is -2.28. The Labute approximate surface area is 124 Å². The number of carbonyl (C=O) groups excluding carboxylic acids is 1. The standard InChI is InChI=1S/C15H20ClN3O/c16-13-2-1-3-14(12(13)8-18-11-4-5-11)19-7-6-10(9-19)15(17)20/h1-3,10-11,18H,4-9H2,(H2,17,20). The maximum absolute atomic E-state index is 11.3. The molecular weight excluding hydrogens is 274 g/mol. The summed E-state index contributed by atoms with van der Waals surface area (Å²) in [5.41, 5.74) is 7.67. The van der Waals surface area contributed by atoms with Gasteiger partial charge < -0.3 is 16.0 Å². The number of amides is 1. The predicted octanol–water partition coefficient (Wildman–Crippen LogP) is 1.90. The lowest BCUT2D eigenvalue weighted by molar-refractivity contribution is -0.121. The van der Waals surface area contributed by atoms with Crippen LogP contribution in [0.15, 0.2) is 18.2 Å². The summed E-state index contributed by atoms with van der Waals surface area (Å²) in [5.74, 6) is -0.245. The summed E-state index contributed by atoms with van der Waals surface area (Å²) in [4.78, 5) is 13.5. The highest BCUT2D eigenvalue weighted by Gasteiger charge is 2.28. The molecule has 20 heavy (non-hydrogen) atoms. The van der Waals surface area contributed by atoms with E-state index in [2.05, 4.69) is 16.3 Å². The maximum atomic E-state index is 11.3. The van der Waals surface area contributed by atoms with Gasteiger partial charge in [0.15, 0.2) is 0 Å². The number of carbonyl (C=O) groups is 1. The van der Waals surface area contributed by atoms with Gasteiger partial charge in [0.2, 0.25) is 5.91 Å². The summed E-state index contributed by atoms with van der Waals surface area (Å²) in [6, 6.07) is 6.63. The lowest BCUT2D eigenvalue weighted by atomic mass is 10.1. The van der Waals surface area contributed by atoms with Gasteiger partial charge in [-0.1, -0.05) is 17.7 Å². The Morgan fingerprint density at radius 2 is 2.20 bits per heavy atom. The Morgan fingerprint density at radius 3 is 2.85 bits per heavy atom. The highest BCUT2D eigenvalue weighted by Crippen LogP contribution is 2.32. The topological polar surface area (TPSA) is 58.4 Å². The predicted molar refractivity (Wildman–Crippen MR) is 80.8 cm³/mol. The second-order valence-corrected chi connectivity index (χ2v) is 6.13.